The van der Waals surface area contributed by atoms with Gasteiger partial charge < -0.3 is 9.30 Å². The molecule has 3 rings (SSSR count). The maximum Gasteiger partial charge on any atom is 0.241 e. The summed E-state index contributed by atoms with van der Waals surface area (Å²) >= 11 is 0. The van der Waals surface area contributed by atoms with Gasteiger partial charge in [0.2, 0.25) is 10.0 Å². The first-order valence-corrected chi connectivity index (χ1v) is 10.6. The third-order valence-corrected chi connectivity index (χ3v) is 5.89. The minimum atomic E-state index is -3.65. The Morgan fingerprint density at radius 2 is 1.79 bits per heavy atom. The van der Waals surface area contributed by atoms with E-state index < -0.39 is 10.0 Å². The first-order chi connectivity index (χ1) is 13.3. The van der Waals surface area contributed by atoms with Crippen molar-refractivity contribution < 1.29 is 13.2 Å². The van der Waals surface area contributed by atoms with Gasteiger partial charge in [0.15, 0.2) is 0 Å². The summed E-state index contributed by atoms with van der Waals surface area (Å²) in [5.41, 5.74) is 2.63. The molecular formula is C21H25N3O3S. The quantitative estimate of drug-likeness (QED) is 0.652. The van der Waals surface area contributed by atoms with E-state index in [4.69, 9.17) is 4.74 Å². The van der Waals surface area contributed by atoms with Gasteiger partial charge in [-0.3, -0.25) is 0 Å². The van der Waals surface area contributed by atoms with E-state index in [1.165, 1.54) is 0 Å². The number of hydrogen-bond acceptors (Lipinski definition) is 4. The zero-order valence-electron chi connectivity index (χ0n) is 16.5. The van der Waals surface area contributed by atoms with Gasteiger partial charge in [-0.25, -0.2) is 18.1 Å². The number of nitrogens with one attached hydrogen (secondary N) is 1. The van der Waals surface area contributed by atoms with Crippen molar-refractivity contribution >= 4 is 10.0 Å². The lowest BCUT2D eigenvalue weighted by atomic mass is 10.1. The van der Waals surface area contributed by atoms with Crippen LogP contribution in [-0.4, -0.2) is 24.1 Å². The number of rotatable bonds is 7. The van der Waals surface area contributed by atoms with Gasteiger partial charge >= 0.3 is 0 Å². The lowest BCUT2D eigenvalue weighted by Gasteiger charge is -2.17. The summed E-state index contributed by atoms with van der Waals surface area (Å²) in [6.07, 6.45) is 5.32. The molecule has 0 radical (unpaired) electrons. The molecule has 1 heterocycles. The first-order valence-electron chi connectivity index (χ1n) is 9.14. The molecule has 0 fully saturated rings. The van der Waals surface area contributed by atoms with E-state index in [9.17, 15) is 8.42 Å². The van der Waals surface area contributed by atoms with E-state index in [2.05, 4.69) is 9.71 Å². The normalized spacial score (nSPS) is 12.9. The Hall–Kier alpha value is -2.64. The summed E-state index contributed by atoms with van der Waals surface area (Å²) in [7, 11) is -3.65. The highest BCUT2D eigenvalue weighted by molar-refractivity contribution is 7.89. The predicted octanol–water partition coefficient (Wildman–Crippen LogP) is 4.01. The average Bonchev–Trinajstić information content (AvgIpc) is 3.17. The zero-order chi connectivity index (χ0) is 20.3. The van der Waals surface area contributed by atoms with E-state index in [1.807, 2.05) is 62.7 Å². The Kier molecular flexibility index (Phi) is 5.86. The third kappa shape index (κ3) is 4.61. The second kappa shape index (κ2) is 8.16. The van der Waals surface area contributed by atoms with Gasteiger partial charge in [-0.2, -0.15) is 0 Å². The number of aryl methyl sites for hydroxylation is 1. The summed E-state index contributed by atoms with van der Waals surface area (Å²) in [5.74, 6) is 0.692. The predicted molar refractivity (Wildman–Crippen MR) is 109 cm³/mol. The molecule has 6 nitrogen and oxygen atoms in total. The van der Waals surface area contributed by atoms with Crippen LogP contribution in [0.3, 0.4) is 0 Å². The van der Waals surface area contributed by atoms with Crippen molar-refractivity contribution in [1.29, 1.82) is 0 Å². The fourth-order valence-electron chi connectivity index (χ4n) is 2.89. The van der Waals surface area contributed by atoms with Crippen molar-refractivity contribution in [2.75, 3.05) is 0 Å². The summed E-state index contributed by atoms with van der Waals surface area (Å²) in [5, 5.41) is 0. The zero-order valence-corrected chi connectivity index (χ0v) is 17.3. The highest BCUT2D eigenvalue weighted by Crippen LogP contribution is 2.24. The van der Waals surface area contributed by atoms with Gasteiger partial charge in [0.1, 0.15) is 5.75 Å². The van der Waals surface area contributed by atoms with Crippen molar-refractivity contribution in [3.05, 3.63) is 72.3 Å². The van der Waals surface area contributed by atoms with E-state index in [0.29, 0.717) is 5.75 Å². The van der Waals surface area contributed by atoms with Gasteiger partial charge in [0.05, 0.1) is 17.3 Å². The second-order valence-corrected chi connectivity index (χ2v) is 8.71. The summed E-state index contributed by atoms with van der Waals surface area (Å²) in [4.78, 5) is 4.25. The topological polar surface area (TPSA) is 73.2 Å². The van der Waals surface area contributed by atoms with Crippen LogP contribution in [0.5, 0.6) is 5.75 Å². The smallest absolute Gasteiger partial charge is 0.241 e. The van der Waals surface area contributed by atoms with Gasteiger partial charge in [0, 0.05) is 24.1 Å². The molecule has 2 aromatic carbocycles. The standard InChI is InChI=1S/C21H25N3O3S/c1-15(2)27-21-10-9-20(13-16(21)3)28(25,26)23-17(4)18-5-7-19(8-6-18)24-12-11-22-14-24/h5-15,17,23H,1-4H3. The van der Waals surface area contributed by atoms with Crippen molar-refractivity contribution in [3.8, 4) is 11.4 Å². The van der Waals surface area contributed by atoms with Crippen LogP contribution in [0.2, 0.25) is 0 Å². The van der Waals surface area contributed by atoms with E-state index >= 15 is 0 Å². The number of benzene rings is 2. The summed E-state index contributed by atoms with van der Waals surface area (Å²) in [6.45, 7) is 7.54. The highest BCUT2D eigenvalue weighted by Gasteiger charge is 2.19. The van der Waals surface area contributed by atoms with Gasteiger partial charge in [-0.1, -0.05) is 12.1 Å². The lowest BCUT2D eigenvalue weighted by Crippen LogP contribution is -2.27. The molecule has 0 amide bonds. The Morgan fingerprint density at radius 1 is 1.07 bits per heavy atom. The van der Waals surface area contributed by atoms with Crippen LogP contribution in [0.15, 0.2) is 66.1 Å². The van der Waals surface area contributed by atoms with E-state index in [-0.39, 0.29) is 17.0 Å². The lowest BCUT2D eigenvalue weighted by molar-refractivity contribution is 0.240. The summed E-state index contributed by atoms with van der Waals surface area (Å²) in [6, 6.07) is 12.2. The molecule has 0 aliphatic carbocycles. The van der Waals surface area contributed by atoms with Crippen LogP contribution in [0.25, 0.3) is 5.69 Å². The number of nitrogens with zero attached hydrogens (tertiary/aromatic N) is 2. The molecule has 0 aliphatic rings. The molecule has 28 heavy (non-hydrogen) atoms. The van der Waals surface area contributed by atoms with E-state index in [1.54, 1.807) is 30.7 Å². The molecule has 1 N–H and O–H groups in total. The molecule has 0 spiro atoms. The maximum atomic E-state index is 12.8. The molecule has 0 saturated carbocycles. The van der Waals surface area contributed by atoms with Gasteiger partial charge in [-0.15, -0.1) is 0 Å². The minimum Gasteiger partial charge on any atom is -0.491 e. The van der Waals surface area contributed by atoms with Crippen LogP contribution in [0.4, 0.5) is 0 Å². The molecule has 0 aliphatic heterocycles. The number of imidazole rings is 1. The molecule has 1 atom stereocenters. The van der Waals surface area contributed by atoms with Crippen LogP contribution in [0.1, 0.15) is 37.9 Å². The number of aromatic nitrogens is 2. The van der Waals surface area contributed by atoms with Crippen molar-refractivity contribution in [2.24, 2.45) is 0 Å². The Labute approximate surface area is 166 Å². The Morgan fingerprint density at radius 3 is 2.36 bits per heavy atom. The average molecular weight is 400 g/mol. The summed E-state index contributed by atoms with van der Waals surface area (Å²) < 4.78 is 35.9. The fourth-order valence-corrected chi connectivity index (χ4v) is 4.21. The number of ether oxygens (including phenoxy) is 1. The van der Waals surface area contributed by atoms with Crippen LogP contribution >= 0.6 is 0 Å². The first kappa shape index (κ1) is 20.1. The maximum absolute atomic E-state index is 12.8. The molecule has 148 valence electrons. The molecule has 3 aromatic rings. The minimum absolute atomic E-state index is 0.0320. The number of sulfonamides is 1. The van der Waals surface area contributed by atoms with Gasteiger partial charge in [-0.05, 0) is 69.2 Å². The van der Waals surface area contributed by atoms with Crippen molar-refractivity contribution in [3.63, 3.8) is 0 Å². The Bertz CT molecular complexity index is 1030. The van der Waals surface area contributed by atoms with Crippen molar-refractivity contribution in [1.82, 2.24) is 14.3 Å². The second-order valence-electron chi connectivity index (χ2n) is 7.00. The van der Waals surface area contributed by atoms with Gasteiger partial charge in [0.25, 0.3) is 0 Å². The molecule has 1 aromatic heterocycles. The Balaban J connectivity index is 1.75. The van der Waals surface area contributed by atoms with Crippen LogP contribution < -0.4 is 9.46 Å². The third-order valence-electron chi connectivity index (χ3n) is 4.35. The molecule has 1 unspecified atom stereocenters. The molecular weight excluding hydrogens is 374 g/mol. The SMILES string of the molecule is Cc1cc(S(=O)(=O)NC(C)c2ccc(-n3ccnc3)cc2)ccc1OC(C)C. The highest BCUT2D eigenvalue weighted by atomic mass is 32.2. The molecule has 0 bridgehead atoms. The number of hydrogen-bond donors (Lipinski definition) is 1. The molecule has 0 saturated heterocycles. The monoisotopic (exact) mass is 399 g/mol. The fraction of sp³-hybridized carbons (Fsp3) is 0.286. The largest absolute Gasteiger partial charge is 0.491 e. The van der Waals surface area contributed by atoms with Crippen LogP contribution in [-0.2, 0) is 10.0 Å². The van der Waals surface area contributed by atoms with E-state index in [0.717, 1.165) is 16.8 Å². The molecule has 7 heteroatoms. The van der Waals surface area contributed by atoms with Crippen molar-refractivity contribution in [2.45, 2.75) is 44.7 Å². The van der Waals surface area contributed by atoms with Crippen LogP contribution in [0, 0.1) is 6.92 Å².